The van der Waals surface area contributed by atoms with Gasteiger partial charge in [0.25, 0.3) is 0 Å². The number of hydrogen-bond donors (Lipinski definition) is 1. The summed E-state index contributed by atoms with van der Waals surface area (Å²) >= 11 is 3.48. The van der Waals surface area contributed by atoms with E-state index in [2.05, 4.69) is 40.2 Å². The Morgan fingerprint density at radius 1 is 1.19 bits per heavy atom. The van der Waals surface area contributed by atoms with Gasteiger partial charge in [-0.1, -0.05) is 40.2 Å². The lowest BCUT2D eigenvalue weighted by Gasteiger charge is -2.26. The van der Waals surface area contributed by atoms with Crippen LogP contribution in [-0.4, -0.2) is 6.61 Å². The minimum atomic E-state index is 0.490. The molecule has 0 bridgehead atoms. The fourth-order valence-corrected chi connectivity index (χ4v) is 3.47. The van der Waals surface area contributed by atoms with Crippen LogP contribution in [0.1, 0.15) is 35.4 Å². The average molecular weight is 346 g/mol. The van der Waals surface area contributed by atoms with E-state index in [1.54, 1.807) is 0 Å². The van der Waals surface area contributed by atoms with Crippen molar-refractivity contribution in [3.8, 4) is 5.75 Å². The molecule has 0 spiro atoms. The van der Waals surface area contributed by atoms with Gasteiger partial charge in [-0.3, -0.25) is 0 Å². The molecule has 0 saturated carbocycles. The first-order valence-corrected chi connectivity index (χ1v) is 8.26. The summed E-state index contributed by atoms with van der Waals surface area (Å²) in [6, 6.07) is 14.8. The Hall–Kier alpha value is -1.32. The molecule has 1 unspecified atom stereocenters. The molecule has 21 heavy (non-hydrogen) atoms. The van der Waals surface area contributed by atoms with E-state index in [1.165, 1.54) is 30.4 Å². The number of benzene rings is 2. The van der Waals surface area contributed by atoms with Gasteiger partial charge in [0.05, 0.1) is 6.61 Å². The second kappa shape index (κ2) is 6.63. The van der Waals surface area contributed by atoms with E-state index < -0.39 is 0 Å². The van der Waals surface area contributed by atoms with Crippen LogP contribution < -0.4 is 10.5 Å². The maximum atomic E-state index is 6.08. The first-order valence-electron chi connectivity index (χ1n) is 7.47. The van der Waals surface area contributed by atoms with Crippen LogP contribution in [-0.2, 0) is 13.0 Å². The first kappa shape index (κ1) is 14.6. The van der Waals surface area contributed by atoms with Gasteiger partial charge in [0.15, 0.2) is 0 Å². The minimum absolute atomic E-state index is 0.490. The summed E-state index contributed by atoms with van der Waals surface area (Å²) in [6.07, 6.45) is 3.64. The minimum Gasteiger partial charge on any atom is -0.493 e. The van der Waals surface area contributed by atoms with E-state index in [0.29, 0.717) is 12.5 Å². The van der Waals surface area contributed by atoms with Crippen LogP contribution >= 0.6 is 15.9 Å². The van der Waals surface area contributed by atoms with Gasteiger partial charge < -0.3 is 10.5 Å². The number of halogens is 1. The van der Waals surface area contributed by atoms with Crippen molar-refractivity contribution in [2.45, 2.75) is 31.7 Å². The maximum Gasteiger partial charge on any atom is 0.123 e. The van der Waals surface area contributed by atoms with Gasteiger partial charge in [-0.15, -0.1) is 0 Å². The van der Waals surface area contributed by atoms with Crippen LogP contribution in [0.4, 0.5) is 0 Å². The predicted octanol–water partition coefficient (Wildman–Crippen LogP) is 4.41. The monoisotopic (exact) mass is 345 g/mol. The van der Waals surface area contributed by atoms with Gasteiger partial charge in [-0.25, -0.2) is 0 Å². The summed E-state index contributed by atoms with van der Waals surface area (Å²) in [7, 11) is 0. The van der Waals surface area contributed by atoms with E-state index in [1.807, 2.05) is 18.2 Å². The van der Waals surface area contributed by atoms with E-state index in [4.69, 9.17) is 10.5 Å². The summed E-state index contributed by atoms with van der Waals surface area (Å²) in [5.41, 5.74) is 9.79. The highest BCUT2D eigenvalue weighted by Gasteiger charge is 2.20. The first-order chi connectivity index (χ1) is 10.3. The molecule has 0 aromatic heterocycles. The Morgan fingerprint density at radius 3 is 2.90 bits per heavy atom. The SMILES string of the molecule is NCc1cc(Br)ccc1OCC1CCCc2ccccc21. The zero-order valence-corrected chi connectivity index (χ0v) is 13.6. The summed E-state index contributed by atoms with van der Waals surface area (Å²) in [5.74, 6) is 1.40. The lowest BCUT2D eigenvalue weighted by atomic mass is 9.83. The Balaban J connectivity index is 1.74. The van der Waals surface area contributed by atoms with Crippen molar-refractivity contribution in [2.75, 3.05) is 6.61 Å². The Morgan fingerprint density at radius 2 is 2.05 bits per heavy atom. The van der Waals surface area contributed by atoms with Crippen molar-refractivity contribution in [2.24, 2.45) is 5.73 Å². The number of hydrogen-bond acceptors (Lipinski definition) is 2. The molecular weight excluding hydrogens is 326 g/mol. The third-order valence-electron chi connectivity index (χ3n) is 4.18. The highest BCUT2D eigenvalue weighted by molar-refractivity contribution is 9.10. The van der Waals surface area contributed by atoms with Crippen LogP contribution in [0.5, 0.6) is 5.75 Å². The zero-order chi connectivity index (χ0) is 14.7. The van der Waals surface area contributed by atoms with Crippen molar-refractivity contribution in [3.05, 3.63) is 63.6 Å². The molecular formula is C18H20BrNO. The highest BCUT2D eigenvalue weighted by Crippen LogP contribution is 2.32. The molecule has 0 radical (unpaired) electrons. The number of fused-ring (bicyclic) bond motifs is 1. The van der Waals surface area contributed by atoms with Gasteiger partial charge in [0.1, 0.15) is 5.75 Å². The molecule has 2 nitrogen and oxygen atoms in total. The molecule has 2 aromatic carbocycles. The zero-order valence-electron chi connectivity index (χ0n) is 12.0. The summed E-state index contributed by atoms with van der Waals surface area (Å²) in [4.78, 5) is 0. The molecule has 0 amide bonds. The van der Waals surface area contributed by atoms with Crippen molar-refractivity contribution >= 4 is 15.9 Å². The average Bonchev–Trinajstić information content (AvgIpc) is 2.53. The molecule has 1 aliphatic carbocycles. The third kappa shape index (κ3) is 3.30. The van der Waals surface area contributed by atoms with Gasteiger partial charge in [0, 0.05) is 22.5 Å². The molecule has 2 N–H and O–H groups in total. The molecule has 0 aliphatic heterocycles. The second-order valence-electron chi connectivity index (χ2n) is 5.56. The van der Waals surface area contributed by atoms with Crippen molar-refractivity contribution < 1.29 is 4.74 Å². The molecule has 0 heterocycles. The van der Waals surface area contributed by atoms with Gasteiger partial charge in [0.2, 0.25) is 0 Å². The molecule has 1 aliphatic rings. The van der Waals surface area contributed by atoms with Crippen LogP contribution in [0.25, 0.3) is 0 Å². The van der Waals surface area contributed by atoms with Gasteiger partial charge in [-0.2, -0.15) is 0 Å². The van der Waals surface area contributed by atoms with E-state index >= 15 is 0 Å². The predicted molar refractivity (Wildman–Crippen MR) is 89.6 cm³/mol. The largest absolute Gasteiger partial charge is 0.493 e. The van der Waals surface area contributed by atoms with Crippen LogP contribution in [0.2, 0.25) is 0 Å². The van der Waals surface area contributed by atoms with Crippen LogP contribution in [0, 0.1) is 0 Å². The standard InChI is InChI=1S/C18H20BrNO/c19-16-8-9-18(15(10-16)11-20)21-12-14-6-3-5-13-4-1-2-7-17(13)14/h1-2,4,7-10,14H,3,5-6,11-12,20H2. The van der Waals surface area contributed by atoms with E-state index in [9.17, 15) is 0 Å². The third-order valence-corrected chi connectivity index (χ3v) is 4.67. The molecule has 3 heteroatoms. The lowest BCUT2D eigenvalue weighted by Crippen LogP contribution is -2.17. The lowest BCUT2D eigenvalue weighted by molar-refractivity contribution is 0.272. The topological polar surface area (TPSA) is 35.2 Å². The molecule has 1 atom stereocenters. The normalized spacial score (nSPS) is 17.3. The smallest absolute Gasteiger partial charge is 0.123 e. The van der Waals surface area contributed by atoms with E-state index in [-0.39, 0.29) is 0 Å². The van der Waals surface area contributed by atoms with Crippen molar-refractivity contribution in [1.29, 1.82) is 0 Å². The molecule has 0 fully saturated rings. The second-order valence-corrected chi connectivity index (χ2v) is 6.47. The van der Waals surface area contributed by atoms with Crippen LogP contribution in [0.3, 0.4) is 0 Å². The maximum absolute atomic E-state index is 6.08. The fraction of sp³-hybridized carbons (Fsp3) is 0.333. The number of ether oxygens (including phenoxy) is 1. The molecule has 0 saturated heterocycles. The molecule has 110 valence electrons. The summed E-state index contributed by atoms with van der Waals surface area (Å²) < 4.78 is 7.12. The number of rotatable bonds is 4. The number of nitrogens with two attached hydrogens (primary N) is 1. The van der Waals surface area contributed by atoms with Gasteiger partial charge in [-0.05, 0) is 48.6 Å². The fourth-order valence-electron chi connectivity index (χ4n) is 3.07. The Kier molecular flexibility index (Phi) is 4.61. The Labute approximate surface area is 134 Å². The molecule has 2 aromatic rings. The van der Waals surface area contributed by atoms with Crippen molar-refractivity contribution in [1.82, 2.24) is 0 Å². The quantitative estimate of drug-likeness (QED) is 0.890. The van der Waals surface area contributed by atoms with Crippen LogP contribution in [0.15, 0.2) is 46.9 Å². The van der Waals surface area contributed by atoms with Gasteiger partial charge >= 0.3 is 0 Å². The summed E-state index contributed by atoms with van der Waals surface area (Å²) in [5, 5.41) is 0. The Bertz CT molecular complexity index is 626. The number of aryl methyl sites for hydroxylation is 1. The highest BCUT2D eigenvalue weighted by atomic mass is 79.9. The van der Waals surface area contributed by atoms with Crippen molar-refractivity contribution in [3.63, 3.8) is 0 Å². The summed E-state index contributed by atoms with van der Waals surface area (Å²) in [6.45, 7) is 1.22. The molecule has 3 rings (SSSR count). The van der Waals surface area contributed by atoms with E-state index in [0.717, 1.165) is 22.4 Å².